The van der Waals surface area contributed by atoms with Crippen LogP contribution >= 0.6 is 12.4 Å². The number of hydrogen-bond acceptors (Lipinski definition) is 2. The van der Waals surface area contributed by atoms with Crippen molar-refractivity contribution >= 4 is 18.3 Å². The van der Waals surface area contributed by atoms with Gasteiger partial charge in [-0.25, -0.2) is 4.39 Å². The number of hydrogen-bond donors (Lipinski definition) is 2. The Morgan fingerprint density at radius 1 is 1.56 bits per heavy atom. The van der Waals surface area contributed by atoms with E-state index in [9.17, 15) is 9.18 Å². The number of nitrogens with two attached hydrogens (primary N) is 1. The van der Waals surface area contributed by atoms with E-state index in [4.69, 9.17) is 5.73 Å². The van der Waals surface area contributed by atoms with Crippen LogP contribution in [0.4, 0.5) is 4.39 Å². The first kappa shape index (κ1) is 14.9. The second kappa shape index (κ2) is 7.19. The lowest BCUT2D eigenvalue weighted by molar-refractivity contribution is -0.124. The molecular formula is C11H16ClFN2O. The molecule has 0 saturated carbocycles. The lowest BCUT2D eigenvalue weighted by atomic mass is 10.1. The normalized spacial score (nSPS) is 11.4. The highest BCUT2D eigenvalue weighted by Gasteiger charge is 2.09. The van der Waals surface area contributed by atoms with E-state index in [1.807, 2.05) is 0 Å². The fourth-order valence-corrected chi connectivity index (χ4v) is 1.12. The highest BCUT2D eigenvalue weighted by atomic mass is 35.5. The van der Waals surface area contributed by atoms with Crippen molar-refractivity contribution in [1.29, 1.82) is 0 Å². The summed E-state index contributed by atoms with van der Waals surface area (Å²) in [5.41, 5.74) is 6.09. The van der Waals surface area contributed by atoms with Gasteiger partial charge < -0.3 is 11.1 Å². The van der Waals surface area contributed by atoms with Crippen LogP contribution in [-0.4, -0.2) is 12.5 Å². The number of nitrogens with one attached hydrogen (secondary N) is 1. The Bertz CT molecular complexity index is 347. The zero-order chi connectivity index (χ0) is 11.3. The summed E-state index contributed by atoms with van der Waals surface area (Å²) in [6.07, 6.45) is 0. The van der Waals surface area contributed by atoms with Crippen LogP contribution in [0.1, 0.15) is 12.5 Å². The zero-order valence-electron chi connectivity index (χ0n) is 9.07. The predicted molar refractivity (Wildman–Crippen MR) is 63.7 cm³/mol. The summed E-state index contributed by atoms with van der Waals surface area (Å²) in [6, 6.07) is 6.14. The number of rotatable bonds is 4. The second-order valence-electron chi connectivity index (χ2n) is 3.48. The van der Waals surface area contributed by atoms with Crippen molar-refractivity contribution < 1.29 is 9.18 Å². The molecular weight excluding hydrogens is 231 g/mol. The molecule has 0 aromatic heterocycles. The van der Waals surface area contributed by atoms with Crippen LogP contribution < -0.4 is 11.1 Å². The molecule has 0 aliphatic rings. The van der Waals surface area contributed by atoms with Crippen molar-refractivity contribution in [1.82, 2.24) is 5.32 Å². The molecule has 1 unspecified atom stereocenters. The first-order valence-corrected chi connectivity index (χ1v) is 4.85. The van der Waals surface area contributed by atoms with Gasteiger partial charge >= 0.3 is 0 Å². The highest BCUT2D eigenvalue weighted by Crippen LogP contribution is 2.03. The molecule has 16 heavy (non-hydrogen) atoms. The summed E-state index contributed by atoms with van der Waals surface area (Å²) in [5.74, 6) is -0.617. The van der Waals surface area contributed by atoms with Crippen LogP contribution in [0, 0.1) is 11.7 Å². The van der Waals surface area contributed by atoms with Gasteiger partial charge in [0.25, 0.3) is 0 Å². The maximum absolute atomic E-state index is 12.8. The lowest BCUT2D eigenvalue weighted by Gasteiger charge is -2.09. The van der Waals surface area contributed by atoms with E-state index in [0.29, 0.717) is 13.1 Å². The van der Waals surface area contributed by atoms with Gasteiger partial charge in [0, 0.05) is 19.0 Å². The first-order valence-electron chi connectivity index (χ1n) is 4.85. The number of carbonyl (C=O) groups excluding carboxylic acids is 1. The van der Waals surface area contributed by atoms with E-state index >= 15 is 0 Å². The van der Waals surface area contributed by atoms with Crippen LogP contribution in [-0.2, 0) is 11.3 Å². The van der Waals surface area contributed by atoms with Gasteiger partial charge in [-0.3, -0.25) is 4.79 Å². The average Bonchev–Trinajstić information content (AvgIpc) is 2.25. The van der Waals surface area contributed by atoms with E-state index in [0.717, 1.165) is 5.56 Å². The SMILES string of the molecule is CC(CN)C(=O)NCc1cccc(F)c1.Cl. The molecule has 1 amide bonds. The van der Waals surface area contributed by atoms with E-state index in [2.05, 4.69) is 5.32 Å². The molecule has 0 saturated heterocycles. The highest BCUT2D eigenvalue weighted by molar-refractivity contribution is 5.85. The molecule has 5 heteroatoms. The molecule has 0 heterocycles. The Labute approximate surface area is 101 Å². The van der Waals surface area contributed by atoms with E-state index < -0.39 is 0 Å². The molecule has 1 rings (SSSR count). The Morgan fingerprint density at radius 2 is 2.25 bits per heavy atom. The molecule has 0 fully saturated rings. The number of amides is 1. The summed E-state index contributed by atoms with van der Waals surface area (Å²) in [4.78, 5) is 11.3. The number of benzene rings is 1. The van der Waals surface area contributed by atoms with Crippen LogP contribution in [0.2, 0.25) is 0 Å². The van der Waals surface area contributed by atoms with Crippen molar-refractivity contribution in [3.05, 3.63) is 35.6 Å². The summed E-state index contributed by atoms with van der Waals surface area (Å²) in [6.45, 7) is 2.40. The quantitative estimate of drug-likeness (QED) is 0.845. The molecule has 0 radical (unpaired) electrons. The summed E-state index contributed by atoms with van der Waals surface area (Å²) >= 11 is 0. The van der Waals surface area contributed by atoms with Gasteiger partial charge in [0.2, 0.25) is 5.91 Å². The van der Waals surface area contributed by atoms with Gasteiger partial charge in [-0.2, -0.15) is 0 Å². The molecule has 90 valence electrons. The Balaban J connectivity index is 0.00000225. The molecule has 3 nitrogen and oxygen atoms in total. The van der Waals surface area contributed by atoms with Crippen LogP contribution in [0.5, 0.6) is 0 Å². The standard InChI is InChI=1S/C11H15FN2O.ClH/c1-8(6-13)11(15)14-7-9-3-2-4-10(12)5-9;/h2-5,8H,6-7,13H2,1H3,(H,14,15);1H. The molecule has 0 aliphatic carbocycles. The molecule has 0 spiro atoms. The van der Waals surface area contributed by atoms with Crippen molar-refractivity contribution in [2.24, 2.45) is 11.7 Å². The molecule has 0 bridgehead atoms. The Hall–Kier alpha value is -1.13. The minimum atomic E-state index is -0.298. The largest absolute Gasteiger partial charge is 0.352 e. The van der Waals surface area contributed by atoms with Crippen LogP contribution in [0.25, 0.3) is 0 Å². The third-order valence-electron chi connectivity index (χ3n) is 2.16. The Morgan fingerprint density at radius 3 is 2.81 bits per heavy atom. The molecule has 3 N–H and O–H groups in total. The van der Waals surface area contributed by atoms with E-state index in [-0.39, 0.29) is 30.0 Å². The first-order chi connectivity index (χ1) is 7.13. The van der Waals surface area contributed by atoms with Gasteiger partial charge in [-0.15, -0.1) is 12.4 Å². The minimum Gasteiger partial charge on any atom is -0.352 e. The fourth-order valence-electron chi connectivity index (χ4n) is 1.12. The van der Waals surface area contributed by atoms with Gasteiger partial charge in [0.1, 0.15) is 5.82 Å². The van der Waals surface area contributed by atoms with E-state index in [1.165, 1.54) is 12.1 Å². The molecule has 0 aliphatic heterocycles. The van der Waals surface area contributed by atoms with Gasteiger partial charge in [0.05, 0.1) is 0 Å². The monoisotopic (exact) mass is 246 g/mol. The predicted octanol–water partition coefficient (Wildman–Crippen LogP) is 1.46. The van der Waals surface area contributed by atoms with Crippen molar-refractivity contribution in [2.75, 3.05) is 6.54 Å². The maximum Gasteiger partial charge on any atom is 0.224 e. The zero-order valence-corrected chi connectivity index (χ0v) is 9.89. The molecule has 1 aromatic rings. The van der Waals surface area contributed by atoms with Gasteiger partial charge in [0.15, 0.2) is 0 Å². The molecule has 1 atom stereocenters. The van der Waals surface area contributed by atoms with Crippen molar-refractivity contribution in [3.63, 3.8) is 0 Å². The summed E-state index contributed by atoms with van der Waals surface area (Å²) in [5, 5.41) is 2.69. The minimum absolute atomic E-state index is 0. The third-order valence-corrected chi connectivity index (χ3v) is 2.16. The van der Waals surface area contributed by atoms with Crippen molar-refractivity contribution in [3.8, 4) is 0 Å². The smallest absolute Gasteiger partial charge is 0.224 e. The van der Waals surface area contributed by atoms with Gasteiger partial charge in [-0.05, 0) is 17.7 Å². The van der Waals surface area contributed by atoms with Crippen molar-refractivity contribution in [2.45, 2.75) is 13.5 Å². The average molecular weight is 247 g/mol. The number of carbonyl (C=O) groups is 1. The second-order valence-corrected chi connectivity index (χ2v) is 3.48. The number of halogens is 2. The van der Waals surface area contributed by atoms with E-state index in [1.54, 1.807) is 19.1 Å². The van der Waals surface area contributed by atoms with Gasteiger partial charge in [-0.1, -0.05) is 19.1 Å². The van der Waals surface area contributed by atoms with Crippen LogP contribution in [0.3, 0.4) is 0 Å². The fraction of sp³-hybridized carbons (Fsp3) is 0.364. The lowest BCUT2D eigenvalue weighted by Crippen LogP contribution is -2.32. The molecule has 1 aromatic carbocycles. The summed E-state index contributed by atoms with van der Waals surface area (Å²) in [7, 11) is 0. The Kier molecular flexibility index (Phi) is 6.69. The third kappa shape index (κ3) is 4.59. The topological polar surface area (TPSA) is 55.1 Å². The summed E-state index contributed by atoms with van der Waals surface area (Å²) < 4.78 is 12.8. The maximum atomic E-state index is 12.8. The van der Waals surface area contributed by atoms with Crippen LogP contribution in [0.15, 0.2) is 24.3 Å².